The van der Waals surface area contributed by atoms with Crippen LogP contribution in [0.5, 0.6) is 0 Å². The van der Waals surface area contributed by atoms with Crippen molar-refractivity contribution in [2.75, 3.05) is 17.2 Å². The molecule has 0 atom stereocenters. The van der Waals surface area contributed by atoms with Crippen LogP contribution in [0.25, 0.3) is 11.1 Å². The van der Waals surface area contributed by atoms with Crippen LogP contribution in [0.15, 0.2) is 24.3 Å². The lowest BCUT2D eigenvalue weighted by Gasteiger charge is -2.27. The van der Waals surface area contributed by atoms with Crippen molar-refractivity contribution in [2.45, 2.75) is 25.2 Å². The first-order chi connectivity index (χ1) is 9.15. The summed E-state index contributed by atoms with van der Waals surface area (Å²) in [5.74, 6) is 1.14. The molecule has 2 aromatic rings. The number of nitrogen functional groups attached to an aromatic ring is 3. The largest absolute Gasteiger partial charge is 0.399 e. The molecule has 1 fully saturated rings. The average Bonchev–Trinajstić information content (AvgIpc) is 2.28. The molecule has 1 aliphatic carbocycles. The van der Waals surface area contributed by atoms with Gasteiger partial charge in [0.1, 0.15) is 5.82 Å². The molecule has 19 heavy (non-hydrogen) atoms. The molecular weight excluding hydrogens is 238 g/mol. The second-order valence-corrected chi connectivity index (χ2v) is 4.98. The first-order valence-corrected chi connectivity index (χ1v) is 6.44. The van der Waals surface area contributed by atoms with Crippen LogP contribution in [0.4, 0.5) is 17.5 Å². The van der Waals surface area contributed by atoms with Gasteiger partial charge in [0.15, 0.2) is 0 Å². The summed E-state index contributed by atoms with van der Waals surface area (Å²) in [5.41, 5.74) is 21.1. The summed E-state index contributed by atoms with van der Waals surface area (Å²) in [6, 6.07) is 7.61. The molecule has 0 radical (unpaired) electrons. The lowest BCUT2D eigenvalue weighted by Crippen LogP contribution is -2.15. The Bertz CT molecular complexity index is 602. The number of hydrogen-bond acceptors (Lipinski definition) is 5. The maximum absolute atomic E-state index is 6.05. The highest BCUT2D eigenvalue weighted by Gasteiger charge is 2.26. The molecule has 0 bridgehead atoms. The topological polar surface area (TPSA) is 104 Å². The van der Waals surface area contributed by atoms with Gasteiger partial charge in [-0.05, 0) is 30.5 Å². The lowest BCUT2D eigenvalue weighted by molar-refractivity contribution is 0.412. The van der Waals surface area contributed by atoms with Gasteiger partial charge in [-0.1, -0.05) is 18.6 Å². The van der Waals surface area contributed by atoms with Crippen LogP contribution in [0.3, 0.4) is 0 Å². The van der Waals surface area contributed by atoms with Crippen molar-refractivity contribution in [3.63, 3.8) is 0 Å². The maximum Gasteiger partial charge on any atom is 0.222 e. The SMILES string of the molecule is Nc1ccc(-c2c(N)nc(N)nc2C2CCC2)cc1. The smallest absolute Gasteiger partial charge is 0.222 e. The van der Waals surface area contributed by atoms with E-state index in [4.69, 9.17) is 17.2 Å². The van der Waals surface area contributed by atoms with E-state index >= 15 is 0 Å². The van der Waals surface area contributed by atoms with E-state index in [9.17, 15) is 0 Å². The number of nitrogens with two attached hydrogens (primary N) is 3. The van der Waals surface area contributed by atoms with Crippen molar-refractivity contribution in [1.82, 2.24) is 9.97 Å². The van der Waals surface area contributed by atoms with E-state index in [0.29, 0.717) is 11.7 Å². The van der Waals surface area contributed by atoms with Crippen LogP contribution >= 0.6 is 0 Å². The first kappa shape index (κ1) is 11.8. The Morgan fingerprint density at radius 3 is 2.21 bits per heavy atom. The van der Waals surface area contributed by atoms with E-state index in [1.807, 2.05) is 24.3 Å². The minimum absolute atomic E-state index is 0.249. The Kier molecular flexibility index (Phi) is 2.74. The summed E-state index contributed by atoms with van der Waals surface area (Å²) in [6.07, 6.45) is 3.51. The Balaban J connectivity index is 2.15. The molecule has 5 nitrogen and oxygen atoms in total. The van der Waals surface area contributed by atoms with Crippen LogP contribution in [-0.2, 0) is 0 Å². The number of nitrogens with zero attached hydrogens (tertiary/aromatic N) is 2. The fourth-order valence-electron chi connectivity index (χ4n) is 2.44. The maximum atomic E-state index is 6.05. The van der Waals surface area contributed by atoms with Gasteiger partial charge < -0.3 is 17.2 Å². The summed E-state index contributed by atoms with van der Waals surface area (Å²) in [6.45, 7) is 0. The van der Waals surface area contributed by atoms with E-state index in [0.717, 1.165) is 35.3 Å². The highest BCUT2D eigenvalue weighted by atomic mass is 15.0. The van der Waals surface area contributed by atoms with E-state index in [2.05, 4.69) is 9.97 Å². The Hall–Kier alpha value is -2.30. The minimum atomic E-state index is 0.249. The summed E-state index contributed by atoms with van der Waals surface area (Å²) in [4.78, 5) is 8.50. The molecule has 5 heteroatoms. The molecule has 0 spiro atoms. The quantitative estimate of drug-likeness (QED) is 0.713. The van der Waals surface area contributed by atoms with Crippen molar-refractivity contribution in [3.05, 3.63) is 30.0 Å². The molecule has 98 valence electrons. The zero-order valence-electron chi connectivity index (χ0n) is 10.6. The van der Waals surface area contributed by atoms with Gasteiger partial charge in [-0.2, -0.15) is 4.98 Å². The zero-order chi connectivity index (χ0) is 13.4. The Labute approximate surface area is 111 Å². The summed E-state index contributed by atoms with van der Waals surface area (Å²) in [7, 11) is 0. The number of rotatable bonds is 2. The van der Waals surface area contributed by atoms with Gasteiger partial charge in [0.05, 0.1) is 5.69 Å². The molecule has 0 aliphatic heterocycles. The summed E-state index contributed by atoms with van der Waals surface area (Å²) in [5, 5.41) is 0. The molecular formula is C14H17N5. The number of anilines is 3. The van der Waals surface area contributed by atoms with Gasteiger partial charge in [-0.15, -0.1) is 0 Å². The molecule has 0 unspecified atom stereocenters. The standard InChI is InChI=1S/C14H17N5/c15-10-6-4-8(5-7-10)11-12(9-2-1-3-9)18-14(17)19-13(11)16/h4-7,9H,1-3,15H2,(H4,16,17,18,19). The van der Waals surface area contributed by atoms with Crippen molar-refractivity contribution in [2.24, 2.45) is 0 Å². The van der Waals surface area contributed by atoms with Crippen LogP contribution in [0, 0.1) is 0 Å². The monoisotopic (exact) mass is 255 g/mol. The highest BCUT2D eigenvalue weighted by molar-refractivity contribution is 5.78. The zero-order valence-corrected chi connectivity index (χ0v) is 10.6. The lowest BCUT2D eigenvalue weighted by atomic mass is 9.80. The molecule has 1 aromatic heterocycles. The summed E-state index contributed by atoms with van der Waals surface area (Å²) < 4.78 is 0. The molecule has 0 saturated heterocycles. The first-order valence-electron chi connectivity index (χ1n) is 6.44. The third-order valence-corrected chi connectivity index (χ3v) is 3.67. The molecule has 1 aliphatic rings. The predicted octanol–water partition coefficient (Wildman–Crippen LogP) is 2.16. The minimum Gasteiger partial charge on any atom is -0.399 e. The third-order valence-electron chi connectivity index (χ3n) is 3.67. The van der Waals surface area contributed by atoms with E-state index in [1.54, 1.807) is 0 Å². The molecule has 6 N–H and O–H groups in total. The highest BCUT2D eigenvalue weighted by Crippen LogP contribution is 2.42. The number of aromatic nitrogens is 2. The van der Waals surface area contributed by atoms with Crippen molar-refractivity contribution >= 4 is 17.5 Å². The van der Waals surface area contributed by atoms with Crippen LogP contribution in [0.2, 0.25) is 0 Å². The Morgan fingerprint density at radius 2 is 1.63 bits per heavy atom. The third kappa shape index (κ3) is 2.07. The predicted molar refractivity (Wildman–Crippen MR) is 77.3 cm³/mol. The van der Waals surface area contributed by atoms with Crippen molar-refractivity contribution in [1.29, 1.82) is 0 Å². The number of benzene rings is 1. The van der Waals surface area contributed by atoms with Gasteiger partial charge in [-0.3, -0.25) is 0 Å². The van der Waals surface area contributed by atoms with E-state index in [-0.39, 0.29) is 5.95 Å². The summed E-state index contributed by atoms with van der Waals surface area (Å²) >= 11 is 0. The second-order valence-electron chi connectivity index (χ2n) is 4.98. The fraction of sp³-hybridized carbons (Fsp3) is 0.286. The van der Waals surface area contributed by atoms with Crippen LogP contribution < -0.4 is 17.2 Å². The van der Waals surface area contributed by atoms with Gasteiger partial charge in [0.2, 0.25) is 5.95 Å². The van der Waals surface area contributed by atoms with Gasteiger partial charge >= 0.3 is 0 Å². The molecule has 1 heterocycles. The van der Waals surface area contributed by atoms with Crippen LogP contribution in [-0.4, -0.2) is 9.97 Å². The fourth-order valence-corrected chi connectivity index (χ4v) is 2.44. The average molecular weight is 255 g/mol. The molecule has 3 rings (SSSR count). The molecule has 0 amide bonds. The van der Waals surface area contributed by atoms with E-state index < -0.39 is 0 Å². The van der Waals surface area contributed by atoms with Crippen LogP contribution in [0.1, 0.15) is 30.9 Å². The van der Waals surface area contributed by atoms with E-state index in [1.165, 1.54) is 6.42 Å². The van der Waals surface area contributed by atoms with Gasteiger partial charge in [0, 0.05) is 17.2 Å². The molecule has 1 saturated carbocycles. The van der Waals surface area contributed by atoms with Crippen molar-refractivity contribution in [3.8, 4) is 11.1 Å². The normalized spacial score (nSPS) is 15.2. The second kappa shape index (κ2) is 4.42. The molecule has 1 aromatic carbocycles. The Morgan fingerprint density at radius 1 is 0.947 bits per heavy atom. The van der Waals surface area contributed by atoms with Crippen molar-refractivity contribution < 1.29 is 0 Å². The van der Waals surface area contributed by atoms with Gasteiger partial charge in [-0.25, -0.2) is 4.98 Å². The van der Waals surface area contributed by atoms with Gasteiger partial charge in [0.25, 0.3) is 0 Å². The number of hydrogen-bond donors (Lipinski definition) is 3.